The highest BCUT2D eigenvalue weighted by Gasteiger charge is 2.35. The van der Waals surface area contributed by atoms with E-state index in [0.717, 1.165) is 30.3 Å². The molecule has 0 saturated heterocycles. The van der Waals surface area contributed by atoms with Gasteiger partial charge in [0.2, 0.25) is 10.0 Å². The number of sulfonamides is 1. The van der Waals surface area contributed by atoms with Gasteiger partial charge in [-0.1, -0.05) is 12.1 Å². The SMILES string of the molecule is NS(=O)(=O)c1ccc(NC(=O)COC(=O)c2ccccc2C(F)(F)F)cc1. The largest absolute Gasteiger partial charge is 0.452 e. The lowest BCUT2D eigenvalue weighted by Gasteiger charge is -2.12. The van der Waals surface area contributed by atoms with Crippen LogP contribution in [0.2, 0.25) is 0 Å². The fourth-order valence-corrected chi connectivity index (χ4v) is 2.56. The van der Waals surface area contributed by atoms with Crippen LogP contribution in [0.4, 0.5) is 18.9 Å². The van der Waals surface area contributed by atoms with Crippen molar-refractivity contribution in [2.75, 3.05) is 11.9 Å². The predicted molar refractivity (Wildman–Crippen MR) is 88.2 cm³/mol. The lowest BCUT2D eigenvalue weighted by Crippen LogP contribution is -2.22. The third kappa shape index (κ3) is 5.53. The van der Waals surface area contributed by atoms with Crippen LogP contribution in [-0.2, 0) is 25.7 Å². The van der Waals surface area contributed by atoms with Gasteiger partial charge >= 0.3 is 12.1 Å². The van der Waals surface area contributed by atoms with Crippen LogP contribution in [0, 0.1) is 0 Å². The van der Waals surface area contributed by atoms with E-state index in [4.69, 9.17) is 5.14 Å². The molecule has 0 saturated carbocycles. The van der Waals surface area contributed by atoms with E-state index in [2.05, 4.69) is 10.1 Å². The van der Waals surface area contributed by atoms with Gasteiger partial charge < -0.3 is 10.1 Å². The minimum Gasteiger partial charge on any atom is -0.452 e. The second-order valence-corrected chi connectivity index (χ2v) is 6.80. The topological polar surface area (TPSA) is 116 Å². The summed E-state index contributed by atoms with van der Waals surface area (Å²) in [5.74, 6) is -2.13. The summed E-state index contributed by atoms with van der Waals surface area (Å²) in [4.78, 5) is 23.4. The molecule has 0 heterocycles. The molecule has 1 amide bonds. The first kappa shape index (κ1) is 20.4. The Morgan fingerprint density at radius 1 is 1.04 bits per heavy atom. The fourth-order valence-electron chi connectivity index (χ4n) is 2.04. The van der Waals surface area contributed by atoms with Gasteiger partial charge in [-0.05, 0) is 36.4 Å². The van der Waals surface area contributed by atoms with Crippen LogP contribution in [0.15, 0.2) is 53.4 Å². The zero-order valence-electron chi connectivity index (χ0n) is 13.5. The van der Waals surface area contributed by atoms with Crippen LogP contribution in [-0.4, -0.2) is 26.9 Å². The molecule has 0 aliphatic heterocycles. The van der Waals surface area contributed by atoms with Gasteiger partial charge in [-0.3, -0.25) is 4.79 Å². The van der Waals surface area contributed by atoms with Crippen LogP contribution >= 0.6 is 0 Å². The molecule has 0 unspecified atom stereocenters. The Hall–Kier alpha value is -2.92. The molecule has 0 aliphatic carbocycles. The number of amides is 1. The number of carbonyl (C=O) groups excluding carboxylic acids is 2. The molecule has 7 nitrogen and oxygen atoms in total. The van der Waals surface area contributed by atoms with E-state index < -0.39 is 45.8 Å². The molecule has 0 fully saturated rings. The smallest absolute Gasteiger partial charge is 0.417 e. The summed E-state index contributed by atoms with van der Waals surface area (Å²) < 4.78 is 65.5. The molecule has 0 radical (unpaired) electrons. The zero-order valence-corrected chi connectivity index (χ0v) is 14.3. The number of hydrogen-bond acceptors (Lipinski definition) is 5. The highest BCUT2D eigenvalue weighted by Crippen LogP contribution is 2.32. The van der Waals surface area contributed by atoms with Crippen LogP contribution in [0.25, 0.3) is 0 Å². The van der Waals surface area contributed by atoms with Crippen molar-refractivity contribution >= 4 is 27.6 Å². The number of anilines is 1. The molecule has 3 N–H and O–H groups in total. The van der Waals surface area contributed by atoms with Gasteiger partial charge in [0.15, 0.2) is 6.61 Å². The molecule has 0 aliphatic rings. The second kappa shape index (κ2) is 7.76. The molecule has 0 bridgehead atoms. The maximum absolute atomic E-state index is 12.9. The van der Waals surface area contributed by atoms with Crippen LogP contribution in [0.1, 0.15) is 15.9 Å². The number of esters is 1. The van der Waals surface area contributed by atoms with E-state index in [-0.39, 0.29) is 10.6 Å². The molecule has 27 heavy (non-hydrogen) atoms. The highest BCUT2D eigenvalue weighted by atomic mass is 32.2. The van der Waals surface area contributed by atoms with Crippen molar-refractivity contribution < 1.29 is 35.9 Å². The molecule has 144 valence electrons. The summed E-state index contributed by atoms with van der Waals surface area (Å²) in [6.07, 6.45) is -4.75. The summed E-state index contributed by atoms with van der Waals surface area (Å²) in [5.41, 5.74) is -1.71. The van der Waals surface area contributed by atoms with Gasteiger partial charge in [0, 0.05) is 5.69 Å². The molecular weight excluding hydrogens is 389 g/mol. The first-order valence-corrected chi connectivity index (χ1v) is 8.79. The number of alkyl halides is 3. The Morgan fingerprint density at radius 3 is 2.19 bits per heavy atom. The summed E-state index contributed by atoms with van der Waals surface area (Å²) in [7, 11) is -3.89. The van der Waals surface area contributed by atoms with Crippen LogP contribution in [0.5, 0.6) is 0 Å². The molecule has 2 aromatic carbocycles. The van der Waals surface area contributed by atoms with Crippen molar-refractivity contribution in [1.29, 1.82) is 0 Å². The Morgan fingerprint density at radius 2 is 1.63 bits per heavy atom. The third-order valence-electron chi connectivity index (χ3n) is 3.25. The fraction of sp³-hybridized carbons (Fsp3) is 0.125. The van der Waals surface area contributed by atoms with Crippen molar-refractivity contribution in [2.24, 2.45) is 5.14 Å². The number of benzene rings is 2. The van der Waals surface area contributed by atoms with Crippen molar-refractivity contribution in [2.45, 2.75) is 11.1 Å². The van der Waals surface area contributed by atoms with Crippen LogP contribution < -0.4 is 10.5 Å². The number of nitrogens with one attached hydrogen (secondary N) is 1. The number of ether oxygens (including phenoxy) is 1. The number of rotatable bonds is 5. The van der Waals surface area contributed by atoms with Crippen molar-refractivity contribution in [3.63, 3.8) is 0 Å². The Bertz CT molecular complexity index is 957. The molecule has 0 atom stereocenters. The normalized spacial score (nSPS) is 11.7. The van der Waals surface area contributed by atoms with Crippen molar-refractivity contribution in [3.05, 3.63) is 59.7 Å². The van der Waals surface area contributed by atoms with Gasteiger partial charge in [-0.25, -0.2) is 18.4 Å². The lowest BCUT2D eigenvalue weighted by molar-refractivity contribution is -0.138. The standard InChI is InChI=1S/C16H13F3N2O5S/c17-16(18,19)13-4-2-1-3-12(13)15(23)26-9-14(22)21-10-5-7-11(8-6-10)27(20,24)25/h1-8H,9H2,(H,21,22)(H2,20,24,25). The van der Waals surface area contributed by atoms with Gasteiger partial charge in [0.1, 0.15) is 0 Å². The summed E-state index contributed by atoms with van der Waals surface area (Å²) in [6, 6.07) is 8.82. The average molecular weight is 402 g/mol. The van der Waals surface area contributed by atoms with Gasteiger partial charge in [-0.15, -0.1) is 0 Å². The van der Waals surface area contributed by atoms with E-state index in [1.165, 1.54) is 18.2 Å². The minimum atomic E-state index is -4.75. The predicted octanol–water partition coefficient (Wildman–Crippen LogP) is 2.15. The molecule has 0 spiro atoms. The summed E-state index contributed by atoms with van der Waals surface area (Å²) in [6.45, 7) is -0.831. The number of carbonyl (C=O) groups is 2. The maximum atomic E-state index is 12.9. The monoisotopic (exact) mass is 402 g/mol. The van der Waals surface area contributed by atoms with E-state index in [9.17, 15) is 31.2 Å². The molecule has 11 heteroatoms. The van der Waals surface area contributed by atoms with Gasteiger partial charge in [0.25, 0.3) is 5.91 Å². The first-order valence-electron chi connectivity index (χ1n) is 7.24. The quantitative estimate of drug-likeness (QED) is 0.744. The minimum absolute atomic E-state index is 0.171. The van der Waals surface area contributed by atoms with Crippen molar-refractivity contribution in [3.8, 4) is 0 Å². The van der Waals surface area contributed by atoms with Gasteiger partial charge in [-0.2, -0.15) is 13.2 Å². The number of hydrogen-bond donors (Lipinski definition) is 2. The molecule has 0 aromatic heterocycles. The zero-order chi connectivity index (χ0) is 20.2. The highest BCUT2D eigenvalue weighted by molar-refractivity contribution is 7.89. The van der Waals surface area contributed by atoms with Crippen LogP contribution in [0.3, 0.4) is 0 Å². The van der Waals surface area contributed by atoms with E-state index >= 15 is 0 Å². The summed E-state index contributed by atoms with van der Waals surface area (Å²) >= 11 is 0. The van der Waals surface area contributed by atoms with Crippen molar-refractivity contribution in [1.82, 2.24) is 0 Å². The Kier molecular flexibility index (Phi) is 5.86. The third-order valence-corrected chi connectivity index (χ3v) is 4.18. The lowest BCUT2D eigenvalue weighted by atomic mass is 10.1. The van der Waals surface area contributed by atoms with E-state index in [1.54, 1.807) is 0 Å². The average Bonchev–Trinajstić information content (AvgIpc) is 2.58. The molecule has 2 aromatic rings. The van der Waals surface area contributed by atoms with E-state index in [0.29, 0.717) is 0 Å². The Labute approximate surface area is 152 Å². The summed E-state index contributed by atoms with van der Waals surface area (Å²) in [5, 5.41) is 7.23. The molecule has 2 rings (SSSR count). The van der Waals surface area contributed by atoms with Gasteiger partial charge in [0.05, 0.1) is 16.0 Å². The number of halogens is 3. The first-order chi connectivity index (χ1) is 12.5. The van der Waals surface area contributed by atoms with E-state index in [1.807, 2.05) is 0 Å². The number of nitrogens with two attached hydrogens (primary N) is 1. The molecular formula is C16H13F3N2O5S. The second-order valence-electron chi connectivity index (χ2n) is 5.24. The Balaban J connectivity index is 1.99. The maximum Gasteiger partial charge on any atom is 0.417 e. The number of primary sulfonamides is 1.